The van der Waals surface area contributed by atoms with Gasteiger partial charge in [0.2, 0.25) is 5.91 Å². The summed E-state index contributed by atoms with van der Waals surface area (Å²) in [4.78, 5) is 13.4. The van der Waals surface area contributed by atoms with Gasteiger partial charge in [0, 0.05) is 6.42 Å². The van der Waals surface area contributed by atoms with E-state index in [1.807, 2.05) is 6.08 Å². The number of nitrogens with one attached hydrogen (secondary N) is 1. The van der Waals surface area contributed by atoms with Crippen LogP contribution in [-0.2, 0) is 33.2 Å². The number of amides is 1. The molecular formula is C68H125NO18. The van der Waals surface area contributed by atoms with Crippen LogP contribution in [0.15, 0.2) is 36.5 Å². The summed E-state index contributed by atoms with van der Waals surface area (Å²) in [5.74, 6) is -0.285. The summed E-state index contributed by atoms with van der Waals surface area (Å²) in [6.07, 6.45) is 31.3. The van der Waals surface area contributed by atoms with Crippen LogP contribution >= 0.6 is 0 Å². The van der Waals surface area contributed by atoms with Crippen LogP contribution in [-0.4, -0.2) is 193 Å². The molecule has 17 atom stereocenters. The molecule has 87 heavy (non-hydrogen) atoms. The largest absolute Gasteiger partial charge is 0.394 e. The summed E-state index contributed by atoms with van der Waals surface area (Å²) in [7, 11) is 0. The fourth-order valence-electron chi connectivity index (χ4n) is 11.8. The Morgan fingerprint density at radius 2 is 0.736 bits per heavy atom. The smallest absolute Gasteiger partial charge is 0.220 e. The summed E-state index contributed by atoms with van der Waals surface area (Å²) < 4.78 is 34.3. The first-order valence-electron chi connectivity index (χ1n) is 34.7. The molecule has 0 aliphatic carbocycles. The predicted octanol–water partition coefficient (Wildman–Crippen LogP) is 8.83. The molecule has 0 aromatic rings. The van der Waals surface area contributed by atoms with Crippen LogP contribution in [0.2, 0.25) is 0 Å². The quantitative estimate of drug-likeness (QED) is 0.0200. The van der Waals surface area contributed by atoms with Crippen LogP contribution in [0.5, 0.6) is 0 Å². The second-order valence-corrected chi connectivity index (χ2v) is 25.0. The van der Waals surface area contributed by atoms with Crippen LogP contribution in [0.4, 0.5) is 0 Å². The Bertz CT molecular complexity index is 1720. The van der Waals surface area contributed by atoms with Gasteiger partial charge in [-0.3, -0.25) is 4.79 Å². The zero-order chi connectivity index (χ0) is 63.3. The minimum Gasteiger partial charge on any atom is -0.394 e. The molecule has 19 nitrogen and oxygen atoms in total. The molecule has 1 amide bonds. The Balaban J connectivity index is 1.45. The minimum absolute atomic E-state index is 0.236. The molecule has 0 bridgehead atoms. The van der Waals surface area contributed by atoms with E-state index in [1.165, 1.54) is 180 Å². The Labute approximate surface area is 523 Å². The fourth-order valence-corrected chi connectivity index (χ4v) is 11.8. The first kappa shape index (κ1) is 79.2. The summed E-state index contributed by atoms with van der Waals surface area (Å²) in [6, 6.07) is -0.994. The number of hydrogen-bond acceptors (Lipinski definition) is 18. The van der Waals surface area contributed by atoms with Crippen LogP contribution in [0.25, 0.3) is 0 Å². The van der Waals surface area contributed by atoms with Crippen LogP contribution in [0.3, 0.4) is 0 Å². The van der Waals surface area contributed by atoms with Gasteiger partial charge in [-0.15, -0.1) is 0 Å². The van der Waals surface area contributed by atoms with Gasteiger partial charge in [0.15, 0.2) is 18.9 Å². The average Bonchev–Trinajstić information content (AvgIpc) is 2.37. The number of ether oxygens (including phenoxy) is 6. The molecule has 19 heteroatoms. The van der Waals surface area contributed by atoms with E-state index in [0.29, 0.717) is 12.8 Å². The molecule has 12 N–H and O–H groups in total. The standard InChI is InChI=1S/C68H125NO18/c1-3-5-7-9-11-13-15-17-19-21-23-24-25-26-27-28-30-32-34-36-38-40-42-44-46-56(74)69-51(52(73)45-43-41-39-37-35-33-31-29-22-20-18-16-14-12-10-8-6-4-2)50-82-66-62(80)59(77)64(54(48-71)84-66)87-68-63(81)60(78)65(55(49-72)85-68)86-67-61(79)58(76)57(75)53(47-70)83-67/h22,29,35,37,43,45,51-55,57-68,70-73,75-81H,3-21,23-28,30-34,36,38-42,44,46-50H2,1-2H3,(H,69,74)/b29-22+,37-35+,45-43+. The second-order valence-electron chi connectivity index (χ2n) is 25.0. The zero-order valence-electron chi connectivity index (χ0n) is 53.8. The average molecular weight is 1240 g/mol. The summed E-state index contributed by atoms with van der Waals surface area (Å²) in [5, 5.41) is 120. The maximum atomic E-state index is 13.4. The second kappa shape index (κ2) is 50.6. The van der Waals surface area contributed by atoms with Gasteiger partial charge in [-0.2, -0.15) is 0 Å². The van der Waals surface area contributed by atoms with Gasteiger partial charge in [-0.1, -0.05) is 243 Å². The van der Waals surface area contributed by atoms with E-state index in [1.54, 1.807) is 6.08 Å². The van der Waals surface area contributed by atoms with Crippen molar-refractivity contribution >= 4 is 5.91 Å². The Kier molecular flexibility index (Phi) is 46.0. The van der Waals surface area contributed by atoms with E-state index in [9.17, 15) is 61.0 Å². The lowest BCUT2D eigenvalue weighted by Gasteiger charge is -2.48. The van der Waals surface area contributed by atoms with Gasteiger partial charge in [0.1, 0.15) is 73.2 Å². The maximum absolute atomic E-state index is 13.4. The highest BCUT2D eigenvalue weighted by Crippen LogP contribution is 2.33. The number of carbonyl (C=O) groups excluding carboxylic acids is 1. The third-order valence-electron chi connectivity index (χ3n) is 17.4. The summed E-state index contributed by atoms with van der Waals surface area (Å²) in [5.41, 5.74) is 0. The van der Waals surface area contributed by atoms with E-state index in [4.69, 9.17) is 28.4 Å². The molecule has 0 radical (unpaired) electrons. The fraction of sp³-hybridized carbons (Fsp3) is 0.897. The summed E-state index contributed by atoms with van der Waals surface area (Å²) >= 11 is 0. The Morgan fingerprint density at radius 1 is 0.402 bits per heavy atom. The van der Waals surface area contributed by atoms with Gasteiger partial charge >= 0.3 is 0 Å². The minimum atomic E-state index is -1.98. The van der Waals surface area contributed by atoms with Crippen molar-refractivity contribution in [3.63, 3.8) is 0 Å². The van der Waals surface area contributed by atoms with Crippen molar-refractivity contribution in [3.8, 4) is 0 Å². The highest BCUT2D eigenvalue weighted by atomic mass is 16.8. The topological polar surface area (TPSA) is 307 Å². The van der Waals surface area contributed by atoms with Gasteiger partial charge in [-0.05, 0) is 44.9 Å². The highest BCUT2D eigenvalue weighted by Gasteiger charge is 2.53. The third kappa shape index (κ3) is 32.9. The number of rotatable bonds is 53. The molecule has 510 valence electrons. The van der Waals surface area contributed by atoms with Crippen molar-refractivity contribution in [2.24, 2.45) is 0 Å². The zero-order valence-corrected chi connectivity index (χ0v) is 53.8. The molecular weight excluding hydrogens is 1120 g/mol. The SMILES string of the molecule is CCCCCCCCCC/C=C/CC/C=C/CC/C=C/C(O)C(COC1OC(CO)C(OC2OC(CO)C(OC3OC(CO)C(O)C(O)C3O)C(O)C2O)C(O)C1O)NC(=O)CCCCCCCCCCCCCCCCCCCCCCCCCC. The normalized spacial score (nSPS) is 28.8. The number of aliphatic hydroxyl groups excluding tert-OH is 11. The molecule has 0 aromatic heterocycles. The van der Waals surface area contributed by atoms with Gasteiger partial charge in [0.05, 0.1) is 38.6 Å². The molecule has 17 unspecified atom stereocenters. The van der Waals surface area contributed by atoms with Crippen LogP contribution < -0.4 is 5.32 Å². The maximum Gasteiger partial charge on any atom is 0.220 e. The molecule has 0 spiro atoms. The lowest BCUT2D eigenvalue weighted by Crippen LogP contribution is -2.66. The van der Waals surface area contributed by atoms with E-state index in [2.05, 4.69) is 43.5 Å². The molecule has 3 saturated heterocycles. The van der Waals surface area contributed by atoms with Crippen molar-refractivity contribution in [3.05, 3.63) is 36.5 Å². The highest BCUT2D eigenvalue weighted by molar-refractivity contribution is 5.76. The van der Waals surface area contributed by atoms with Gasteiger partial charge < -0.3 is 89.9 Å². The predicted molar refractivity (Wildman–Crippen MR) is 337 cm³/mol. The number of carbonyl (C=O) groups is 1. The summed E-state index contributed by atoms with van der Waals surface area (Å²) in [6.45, 7) is 1.73. The van der Waals surface area contributed by atoms with E-state index in [-0.39, 0.29) is 18.9 Å². The van der Waals surface area contributed by atoms with Crippen molar-refractivity contribution < 1.29 is 89.4 Å². The molecule has 3 rings (SSSR count). The van der Waals surface area contributed by atoms with Gasteiger partial charge in [0.25, 0.3) is 0 Å². The van der Waals surface area contributed by atoms with Crippen LogP contribution in [0.1, 0.15) is 258 Å². The molecule has 3 aliphatic rings. The first-order valence-corrected chi connectivity index (χ1v) is 34.7. The Hall–Kier alpha value is -1.99. The van der Waals surface area contributed by atoms with Gasteiger partial charge in [-0.25, -0.2) is 0 Å². The first-order chi connectivity index (χ1) is 42.3. The van der Waals surface area contributed by atoms with E-state index >= 15 is 0 Å². The van der Waals surface area contributed by atoms with Crippen molar-refractivity contribution in [1.29, 1.82) is 0 Å². The van der Waals surface area contributed by atoms with Crippen molar-refractivity contribution in [2.45, 2.75) is 362 Å². The lowest BCUT2D eigenvalue weighted by atomic mass is 9.96. The lowest BCUT2D eigenvalue weighted by molar-refractivity contribution is -0.379. The number of aliphatic hydroxyl groups is 11. The van der Waals surface area contributed by atoms with E-state index < -0.39 is 124 Å². The number of unbranched alkanes of at least 4 members (excludes halogenated alkanes) is 33. The molecule has 3 heterocycles. The number of allylic oxidation sites excluding steroid dienone is 5. The monoisotopic (exact) mass is 1240 g/mol. The molecule has 3 fully saturated rings. The third-order valence-corrected chi connectivity index (χ3v) is 17.4. The van der Waals surface area contributed by atoms with Crippen molar-refractivity contribution in [1.82, 2.24) is 5.32 Å². The molecule has 0 aromatic carbocycles. The van der Waals surface area contributed by atoms with Crippen LogP contribution in [0, 0.1) is 0 Å². The van der Waals surface area contributed by atoms with E-state index in [0.717, 1.165) is 44.9 Å². The van der Waals surface area contributed by atoms with Crippen molar-refractivity contribution in [2.75, 3.05) is 26.4 Å². The molecule has 3 aliphatic heterocycles. The Morgan fingerprint density at radius 3 is 1.15 bits per heavy atom. The molecule has 0 saturated carbocycles. The number of hydrogen-bond donors (Lipinski definition) is 12.